The van der Waals surface area contributed by atoms with Gasteiger partial charge in [0.15, 0.2) is 11.5 Å². The number of ether oxygens (including phenoxy) is 2. The minimum atomic E-state index is -0.334. The number of amides is 1. The molecular formula is C22H19Cl2N3O3. The Kier molecular flexibility index (Phi) is 7.17. The van der Waals surface area contributed by atoms with Crippen LogP contribution >= 0.6 is 23.2 Å². The van der Waals surface area contributed by atoms with Crippen LogP contribution in [-0.4, -0.2) is 19.2 Å². The van der Waals surface area contributed by atoms with Gasteiger partial charge in [0.2, 0.25) is 0 Å². The molecule has 8 heteroatoms. The van der Waals surface area contributed by atoms with Crippen LogP contribution in [0.25, 0.3) is 0 Å². The van der Waals surface area contributed by atoms with Crippen LogP contribution < -0.4 is 20.6 Å². The molecule has 3 aromatic rings. The van der Waals surface area contributed by atoms with Crippen molar-refractivity contribution in [3.8, 4) is 11.5 Å². The zero-order valence-corrected chi connectivity index (χ0v) is 17.6. The molecule has 0 radical (unpaired) electrons. The topological polar surface area (TPSA) is 85.9 Å². The highest BCUT2D eigenvalue weighted by Crippen LogP contribution is 2.29. The van der Waals surface area contributed by atoms with E-state index in [1.807, 2.05) is 6.07 Å². The van der Waals surface area contributed by atoms with Gasteiger partial charge in [-0.25, -0.2) is 5.43 Å². The van der Waals surface area contributed by atoms with E-state index in [0.717, 1.165) is 11.1 Å². The maximum Gasteiger partial charge on any atom is 0.271 e. The van der Waals surface area contributed by atoms with Gasteiger partial charge in [0.05, 0.1) is 23.4 Å². The number of hydrogen-bond acceptors (Lipinski definition) is 5. The number of nitrogens with two attached hydrogens (primary N) is 1. The fourth-order valence-corrected chi connectivity index (χ4v) is 2.86. The lowest BCUT2D eigenvalue weighted by molar-refractivity contribution is 0.0955. The standard InChI is InChI=1S/C22H19Cl2N3O3/c1-29-21-11-14(12-26-27-22(28)16-4-6-17(25)7-5-16)3-9-20(21)30-13-15-2-8-18(23)19(24)10-15/h2-12H,13,25H2,1H3,(H,27,28)/b26-12-. The van der Waals surface area contributed by atoms with Crippen LogP contribution in [0.1, 0.15) is 21.5 Å². The summed E-state index contributed by atoms with van der Waals surface area (Å²) in [6.07, 6.45) is 1.51. The number of methoxy groups -OCH3 is 1. The van der Waals surface area contributed by atoms with Crippen molar-refractivity contribution in [1.82, 2.24) is 5.43 Å². The number of carbonyl (C=O) groups excluding carboxylic acids is 1. The number of hydrogen-bond donors (Lipinski definition) is 2. The minimum absolute atomic E-state index is 0.304. The van der Waals surface area contributed by atoms with Crippen molar-refractivity contribution in [1.29, 1.82) is 0 Å². The van der Waals surface area contributed by atoms with E-state index in [1.54, 1.807) is 61.7 Å². The fraction of sp³-hybridized carbons (Fsp3) is 0.0909. The molecule has 30 heavy (non-hydrogen) atoms. The Morgan fingerprint density at radius 1 is 1.03 bits per heavy atom. The lowest BCUT2D eigenvalue weighted by Gasteiger charge is -2.11. The summed E-state index contributed by atoms with van der Waals surface area (Å²) in [4.78, 5) is 12.1. The van der Waals surface area contributed by atoms with Crippen LogP contribution in [0.2, 0.25) is 10.0 Å². The summed E-state index contributed by atoms with van der Waals surface area (Å²) in [5, 5.41) is 4.94. The van der Waals surface area contributed by atoms with Crippen molar-refractivity contribution in [2.75, 3.05) is 12.8 Å². The average Bonchev–Trinajstić information content (AvgIpc) is 2.75. The summed E-state index contributed by atoms with van der Waals surface area (Å²) in [5.74, 6) is 0.760. The second-order valence-corrected chi connectivity index (χ2v) is 7.08. The van der Waals surface area contributed by atoms with E-state index in [2.05, 4.69) is 10.5 Å². The van der Waals surface area contributed by atoms with Crippen LogP contribution in [0.5, 0.6) is 11.5 Å². The number of benzene rings is 3. The molecule has 3 rings (SSSR count). The van der Waals surface area contributed by atoms with E-state index in [4.69, 9.17) is 38.4 Å². The summed E-state index contributed by atoms with van der Waals surface area (Å²) in [5.41, 5.74) is 10.7. The van der Waals surface area contributed by atoms with Gasteiger partial charge in [-0.15, -0.1) is 0 Å². The predicted octanol–water partition coefficient (Wildman–Crippen LogP) is 4.93. The third-order valence-electron chi connectivity index (χ3n) is 4.12. The second-order valence-electron chi connectivity index (χ2n) is 6.27. The van der Waals surface area contributed by atoms with Crippen LogP contribution in [0.3, 0.4) is 0 Å². The molecule has 3 N–H and O–H groups in total. The second kappa shape index (κ2) is 10.0. The third-order valence-corrected chi connectivity index (χ3v) is 4.86. The van der Waals surface area contributed by atoms with Crippen molar-refractivity contribution in [2.24, 2.45) is 5.10 Å². The number of nitrogens with one attached hydrogen (secondary N) is 1. The molecule has 6 nitrogen and oxygen atoms in total. The van der Waals surface area contributed by atoms with Crippen molar-refractivity contribution in [2.45, 2.75) is 6.61 Å². The monoisotopic (exact) mass is 443 g/mol. The van der Waals surface area contributed by atoms with E-state index < -0.39 is 0 Å². The quantitative estimate of drug-likeness (QED) is 0.308. The minimum Gasteiger partial charge on any atom is -0.493 e. The molecule has 0 saturated heterocycles. The molecule has 0 aliphatic rings. The number of nitrogen functional groups attached to an aromatic ring is 1. The van der Waals surface area contributed by atoms with Gasteiger partial charge in [0.1, 0.15) is 6.61 Å². The Hall–Kier alpha value is -3.22. The zero-order chi connectivity index (χ0) is 21.5. The highest BCUT2D eigenvalue weighted by atomic mass is 35.5. The third kappa shape index (κ3) is 5.65. The maximum atomic E-state index is 12.1. The molecule has 0 unspecified atom stereocenters. The normalized spacial score (nSPS) is 10.8. The van der Waals surface area contributed by atoms with Gasteiger partial charge >= 0.3 is 0 Å². The molecule has 0 fully saturated rings. The zero-order valence-electron chi connectivity index (χ0n) is 16.1. The molecule has 0 aliphatic heterocycles. The van der Waals surface area contributed by atoms with Crippen LogP contribution in [0.4, 0.5) is 5.69 Å². The number of halogens is 2. The highest BCUT2D eigenvalue weighted by molar-refractivity contribution is 6.42. The first-order valence-corrected chi connectivity index (χ1v) is 9.65. The number of hydrazone groups is 1. The lowest BCUT2D eigenvalue weighted by Crippen LogP contribution is -2.17. The number of rotatable bonds is 7. The molecular weight excluding hydrogens is 425 g/mol. The Morgan fingerprint density at radius 3 is 2.50 bits per heavy atom. The predicted molar refractivity (Wildman–Crippen MR) is 120 cm³/mol. The summed E-state index contributed by atoms with van der Waals surface area (Å²) in [7, 11) is 1.55. The maximum absolute atomic E-state index is 12.1. The van der Waals surface area contributed by atoms with Gasteiger partial charge in [-0.05, 0) is 65.7 Å². The average molecular weight is 444 g/mol. The van der Waals surface area contributed by atoms with Crippen molar-refractivity contribution in [3.63, 3.8) is 0 Å². The first-order valence-electron chi connectivity index (χ1n) is 8.90. The van der Waals surface area contributed by atoms with E-state index >= 15 is 0 Å². The van der Waals surface area contributed by atoms with Gasteiger partial charge < -0.3 is 15.2 Å². The summed E-state index contributed by atoms with van der Waals surface area (Å²) >= 11 is 12.0. The van der Waals surface area contributed by atoms with Crippen LogP contribution in [0.15, 0.2) is 65.8 Å². The molecule has 154 valence electrons. The van der Waals surface area contributed by atoms with E-state index in [9.17, 15) is 4.79 Å². The van der Waals surface area contributed by atoms with Crippen LogP contribution in [-0.2, 0) is 6.61 Å². The largest absolute Gasteiger partial charge is 0.493 e. The molecule has 0 heterocycles. The number of anilines is 1. The van der Waals surface area contributed by atoms with E-state index in [-0.39, 0.29) is 5.91 Å². The molecule has 0 saturated carbocycles. The highest BCUT2D eigenvalue weighted by Gasteiger charge is 2.07. The van der Waals surface area contributed by atoms with Gasteiger partial charge in [0, 0.05) is 11.3 Å². The Morgan fingerprint density at radius 2 is 1.80 bits per heavy atom. The first-order chi connectivity index (χ1) is 14.5. The number of nitrogens with zero attached hydrogens (tertiary/aromatic N) is 1. The van der Waals surface area contributed by atoms with Gasteiger partial charge in [-0.2, -0.15) is 5.10 Å². The Balaban J connectivity index is 1.62. The summed E-state index contributed by atoms with van der Waals surface area (Å²) in [6, 6.07) is 17.2. The summed E-state index contributed by atoms with van der Waals surface area (Å²) < 4.78 is 11.2. The lowest BCUT2D eigenvalue weighted by atomic mass is 10.2. The van der Waals surface area contributed by atoms with Gasteiger partial charge in [0.25, 0.3) is 5.91 Å². The molecule has 0 spiro atoms. The molecule has 3 aromatic carbocycles. The SMILES string of the molecule is COc1cc(/C=N\NC(=O)c2ccc(N)cc2)ccc1OCc1ccc(Cl)c(Cl)c1. The Labute approximate surface area is 184 Å². The fourth-order valence-electron chi connectivity index (χ4n) is 2.54. The van der Waals surface area contributed by atoms with Gasteiger partial charge in [-0.3, -0.25) is 4.79 Å². The Bertz CT molecular complexity index is 1070. The van der Waals surface area contributed by atoms with Crippen LogP contribution in [0, 0.1) is 0 Å². The molecule has 0 bridgehead atoms. The molecule has 0 aliphatic carbocycles. The van der Waals surface area contributed by atoms with Crippen molar-refractivity contribution in [3.05, 3.63) is 87.4 Å². The summed E-state index contributed by atoms with van der Waals surface area (Å²) in [6.45, 7) is 0.304. The van der Waals surface area contributed by atoms with E-state index in [0.29, 0.717) is 39.4 Å². The molecule has 0 aromatic heterocycles. The molecule has 1 amide bonds. The number of carbonyl (C=O) groups is 1. The van der Waals surface area contributed by atoms with Crippen molar-refractivity contribution < 1.29 is 14.3 Å². The molecule has 0 atom stereocenters. The van der Waals surface area contributed by atoms with E-state index in [1.165, 1.54) is 6.21 Å². The van der Waals surface area contributed by atoms with Crippen molar-refractivity contribution >= 4 is 41.0 Å². The smallest absolute Gasteiger partial charge is 0.271 e. The van der Waals surface area contributed by atoms with Gasteiger partial charge in [-0.1, -0.05) is 29.3 Å². The first kappa shape index (κ1) is 21.5.